The summed E-state index contributed by atoms with van der Waals surface area (Å²) >= 11 is 1.95. The van der Waals surface area contributed by atoms with Crippen LogP contribution in [0.25, 0.3) is 103 Å². The zero-order valence-electron chi connectivity index (χ0n) is 35.3. The summed E-state index contributed by atoms with van der Waals surface area (Å²) in [6, 6.07) is 75.9. The molecule has 0 N–H and O–H groups in total. The Labute approximate surface area is 375 Å². The summed E-state index contributed by atoms with van der Waals surface area (Å²) in [6.07, 6.45) is 7.28. The molecule has 0 spiro atoms. The number of thiophene rings is 1. The van der Waals surface area contributed by atoms with Crippen LogP contribution in [0.2, 0.25) is 0 Å². The smallest absolute Gasteiger partial charge is 0.0541 e. The van der Waals surface area contributed by atoms with Crippen LogP contribution in [0.4, 0.5) is 0 Å². The minimum absolute atomic E-state index is 0.243. The summed E-state index contributed by atoms with van der Waals surface area (Å²) in [5.74, 6) is 0.603. The fourth-order valence-corrected chi connectivity index (χ4v) is 12.0. The monoisotopic (exact) mass is 834 g/mol. The van der Waals surface area contributed by atoms with Gasteiger partial charge in [0.1, 0.15) is 0 Å². The average molecular weight is 835 g/mol. The van der Waals surface area contributed by atoms with Crippen molar-refractivity contribution in [1.29, 1.82) is 0 Å². The molecule has 0 saturated carbocycles. The minimum Gasteiger partial charge on any atom is -0.309 e. The van der Waals surface area contributed by atoms with E-state index in [4.69, 9.17) is 0 Å². The molecule has 0 amide bonds. The van der Waals surface area contributed by atoms with Gasteiger partial charge in [-0.1, -0.05) is 165 Å². The van der Waals surface area contributed by atoms with E-state index in [2.05, 4.69) is 241 Å². The van der Waals surface area contributed by atoms with Crippen molar-refractivity contribution < 1.29 is 0 Å². The second-order valence-electron chi connectivity index (χ2n) is 17.3. The number of nitrogens with zero attached hydrogens (tertiary/aromatic N) is 2. The van der Waals surface area contributed by atoms with Gasteiger partial charge in [0.05, 0.1) is 22.1 Å². The Morgan fingerprint density at radius 2 is 0.906 bits per heavy atom. The van der Waals surface area contributed by atoms with E-state index in [0.29, 0.717) is 5.92 Å². The predicted octanol–water partition coefficient (Wildman–Crippen LogP) is 17.0. The van der Waals surface area contributed by atoms with Crippen LogP contribution in [0.15, 0.2) is 224 Å². The van der Waals surface area contributed by atoms with Gasteiger partial charge in [-0.2, -0.15) is 0 Å². The fourth-order valence-electron chi connectivity index (χ4n) is 10.6. The molecule has 1 aliphatic rings. The molecule has 3 heteroatoms. The van der Waals surface area contributed by atoms with Gasteiger partial charge in [0.15, 0.2) is 0 Å². The molecule has 13 rings (SSSR count). The normalized spacial score (nSPS) is 15.3. The van der Waals surface area contributed by atoms with Gasteiger partial charge in [0.2, 0.25) is 0 Å². The standard InChI is InChI=1S/C61H42N2S/c1-39-29-30-41(43-32-34-59-55(38-43)49-22-9-11-28-57(49)63(59)46-19-6-3-7-20-46)36-53(39)52-26-14-25-51-50-24-13-23-47(60(50)64-61(51)52)44-16-12-15-40(35-44)42-31-33-58-54(37-42)48-21-8-10-27-56(48)62(58)45-17-4-2-5-18-45/h2-39,53H,1H3. The van der Waals surface area contributed by atoms with Crippen LogP contribution in [-0.4, -0.2) is 9.13 Å². The number of aromatic nitrogens is 2. The maximum atomic E-state index is 2.53. The van der Waals surface area contributed by atoms with Crippen LogP contribution >= 0.6 is 11.3 Å². The van der Waals surface area contributed by atoms with Gasteiger partial charge in [-0.15, -0.1) is 11.3 Å². The molecule has 64 heavy (non-hydrogen) atoms. The van der Waals surface area contributed by atoms with E-state index >= 15 is 0 Å². The molecule has 0 saturated heterocycles. The molecule has 2 nitrogen and oxygen atoms in total. The lowest BCUT2D eigenvalue weighted by atomic mass is 9.80. The molecular weight excluding hydrogens is 793 g/mol. The Morgan fingerprint density at radius 1 is 0.391 bits per heavy atom. The second kappa shape index (κ2) is 14.7. The Kier molecular flexibility index (Phi) is 8.47. The predicted molar refractivity (Wildman–Crippen MR) is 274 cm³/mol. The van der Waals surface area contributed by atoms with Crippen molar-refractivity contribution in [3.63, 3.8) is 0 Å². The molecule has 1 aliphatic carbocycles. The molecule has 12 aromatic rings. The first kappa shape index (κ1) is 36.9. The molecule has 9 aromatic carbocycles. The Morgan fingerprint density at radius 3 is 1.59 bits per heavy atom. The van der Waals surface area contributed by atoms with Gasteiger partial charge in [-0.3, -0.25) is 0 Å². The van der Waals surface area contributed by atoms with Gasteiger partial charge < -0.3 is 9.13 Å². The maximum Gasteiger partial charge on any atom is 0.0541 e. The Balaban J connectivity index is 0.890. The van der Waals surface area contributed by atoms with Crippen molar-refractivity contribution in [1.82, 2.24) is 9.13 Å². The number of rotatable bonds is 6. The summed E-state index contributed by atoms with van der Waals surface area (Å²) < 4.78 is 7.49. The lowest BCUT2D eigenvalue weighted by molar-refractivity contribution is 0.642. The molecule has 3 aromatic heterocycles. The maximum absolute atomic E-state index is 2.53. The molecule has 2 atom stereocenters. The van der Waals surface area contributed by atoms with E-state index in [9.17, 15) is 0 Å². The van der Waals surface area contributed by atoms with Crippen molar-refractivity contribution in [3.8, 4) is 33.6 Å². The zero-order chi connectivity index (χ0) is 42.3. The second-order valence-corrected chi connectivity index (χ2v) is 18.3. The first-order chi connectivity index (χ1) is 31.7. The highest BCUT2D eigenvalue weighted by Crippen LogP contribution is 2.47. The number of para-hydroxylation sites is 4. The van der Waals surface area contributed by atoms with E-state index in [0.717, 1.165) is 0 Å². The quantitative estimate of drug-likeness (QED) is 0.158. The Bertz CT molecular complexity index is 3860. The average Bonchev–Trinajstić information content (AvgIpc) is 4.02. The van der Waals surface area contributed by atoms with E-state index in [1.165, 1.54) is 114 Å². The number of hydrogen-bond donors (Lipinski definition) is 0. The lowest BCUT2D eigenvalue weighted by Gasteiger charge is -2.24. The highest BCUT2D eigenvalue weighted by molar-refractivity contribution is 7.26. The van der Waals surface area contributed by atoms with Crippen LogP contribution in [0.1, 0.15) is 24.0 Å². The van der Waals surface area contributed by atoms with Crippen LogP contribution in [0.5, 0.6) is 0 Å². The number of fused-ring (bicyclic) bond motifs is 9. The zero-order valence-corrected chi connectivity index (χ0v) is 36.1. The topological polar surface area (TPSA) is 9.86 Å². The van der Waals surface area contributed by atoms with Gasteiger partial charge in [0.25, 0.3) is 0 Å². The molecule has 3 heterocycles. The highest BCUT2D eigenvalue weighted by atomic mass is 32.1. The first-order valence-corrected chi connectivity index (χ1v) is 23.1. The lowest BCUT2D eigenvalue weighted by Crippen LogP contribution is -2.09. The molecular formula is C61H42N2S. The molecule has 302 valence electrons. The third kappa shape index (κ3) is 5.78. The highest BCUT2D eigenvalue weighted by Gasteiger charge is 2.24. The summed E-state index contributed by atoms with van der Waals surface area (Å²) in [5.41, 5.74) is 16.2. The van der Waals surface area contributed by atoms with Gasteiger partial charge >= 0.3 is 0 Å². The summed E-state index contributed by atoms with van der Waals surface area (Å²) in [4.78, 5) is 0. The minimum atomic E-state index is 0.243. The van der Waals surface area contributed by atoms with Crippen molar-refractivity contribution in [3.05, 3.63) is 236 Å². The fraction of sp³-hybridized carbons (Fsp3) is 0.0492. The van der Waals surface area contributed by atoms with Crippen molar-refractivity contribution in [2.75, 3.05) is 0 Å². The number of allylic oxidation sites excluding steroid dienone is 4. The summed E-state index contributed by atoms with van der Waals surface area (Å²) in [5, 5.41) is 7.75. The summed E-state index contributed by atoms with van der Waals surface area (Å²) in [7, 11) is 0. The molecule has 0 aliphatic heterocycles. The van der Waals surface area contributed by atoms with Crippen molar-refractivity contribution in [2.24, 2.45) is 5.92 Å². The van der Waals surface area contributed by atoms with Crippen molar-refractivity contribution in [2.45, 2.75) is 12.8 Å². The van der Waals surface area contributed by atoms with Crippen molar-refractivity contribution >= 4 is 80.7 Å². The number of hydrogen-bond acceptors (Lipinski definition) is 1. The largest absolute Gasteiger partial charge is 0.309 e. The van der Waals surface area contributed by atoms with Crippen LogP contribution in [0, 0.1) is 5.92 Å². The molecule has 0 fully saturated rings. The third-order valence-corrected chi connectivity index (χ3v) is 14.9. The van der Waals surface area contributed by atoms with Gasteiger partial charge in [0, 0.05) is 59.0 Å². The van der Waals surface area contributed by atoms with Gasteiger partial charge in [-0.25, -0.2) is 0 Å². The molecule has 2 unspecified atom stereocenters. The van der Waals surface area contributed by atoms with E-state index in [1.807, 2.05) is 11.3 Å². The third-order valence-electron chi connectivity index (χ3n) is 13.6. The van der Waals surface area contributed by atoms with Crippen LogP contribution in [0.3, 0.4) is 0 Å². The molecule has 0 bridgehead atoms. The van der Waals surface area contributed by atoms with E-state index in [-0.39, 0.29) is 5.92 Å². The van der Waals surface area contributed by atoms with E-state index in [1.54, 1.807) is 0 Å². The number of benzene rings is 9. The molecule has 0 radical (unpaired) electrons. The summed E-state index contributed by atoms with van der Waals surface area (Å²) in [6.45, 7) is 2.37. The Hall–Kier alpha value is -7.72. The SMILES string of the molecule is CC1C=CC(c2ccc3c(c2)c2ccccc2n3-c2ccccc2)=CC1c1cccc2c1sc1c(-c3cccc(-c4ccc5c(c4)c4ccccc4n5-c4ccccc4)c3)cccc12. The van der Waals surface area contributed by atoms with Crippen LogP contribution in [-0.2, 0) is 0 Å². The van der Waals surface area contributed by atoms with Crippen LogP contribution < -0.4 is 0 Å². The first-order valence-electron chi connectivity index (χ1n) is 22.3. The van der Waals surface area contributed by atoms with E-state index < -0.39 is 0 Å². The van der Waals surface area contributed by atoms with Gasteiger partial charge in [-0.05, 0) is 112 Å².